The van der Waals surface area contributed by atoms with Crippen LogP contribution in [0.1, 0.15) is 17.4 Å². The van der Waals surface area contributed by atoms with E-state index < -0.39 is 16.9 Å². The molecule has 0 aromatic carbocycles. The molecule has 0 saturated carbocycles. The highest BCUT2D eigenvalue weighted by Gasteiger charge is 2.28. The number of carboxylic acid groups (broad SMARTS) is 1. The van der Waals surface area contributed by atoms with E-state index in [0.29, 0.717) is 26.2 Å². The molecular weight excluding hydrogens is 280 g/mol. The molecule has 1 fully saturated rings. The van der Waals surface area contributed by atoms with E-state index in [9.17, 15) is 19.7 Å². The van der Waals surface area contributed by atoms with Gasteiger partial charge in [-0.3, -0.25) is 24.6 Å². The summed E-state index contributed by atoms with van der Waals surface area (Å²) in [5.41, 5.74) is 0.0120. The Labute approximate surface area is 120 Å². The lowest BCUT2D eigenvalue weighted by Crippen LogP contribution is -2.53. The summed E-state index contributed by atoms with van der Waals surface area (Å²) in [6.45, 7) is 3.31. The third kappa shape index (κ3) is 3.19. The number of carbonyl (C=O) groups is 2. The second-order valence-corrected chi connectivity index (χ2v) is 4.87. The van der Waals surface area contributed by atoms with E-state index in [1.807, 2.05) is 0 Å². The number of H-pyrrole nitrogens is 1. The summed E-state index contributed by atoms with van der Waals surface area (Å²) in [6.07, 6.45) is 1.18. The van der Waals surface area contributed by atoms with Crippen molar-refractivity contribution in [2.45, 2.75) is 13.0 Å². The topological polar surface area (TPSA) is 120 Å². The Hall–Kier alpha value is -2.42. The van der Waals surface area contributed by atoms with Crippen molar-refractivity contribution in [1.82, 2.24) is 14.8 Å². The molecule has 0 aliphatic carbocycles. The monoisotopic (exact) mass is 296 g/mol. The van der Waals surface area contributed by atoms with Gasteiger partial charge in [0.05, 0.1) is 11.1 Å². The Balaban J connectivity index is 1.96. The molecule has 1 unspecified atom stereocenters. The van der Waals surface area contributed by atoms with Crippen molar-refractivity contribution in [2.24, 2.45) is 0 Å². The Morgan fingerprint density at radius 3 is 2.48 bits per heavy atom. The number of rotatable bonds is 4. The van der Waals surface area contributed by atoms with E-state index >= 15 is 0 Å². The van der Waals surface area contributed by atoms with Crippen molar-refractivity contribution in [3.05, 3.63) is 28.1 Å². The number of piperazine rings is 1. The van der Waals surface area contributed by atoms with E-state index in [-0.39, 0.29) is 17.3 Å². The number of carbonyl (C=O) groups excluding carboxylic acids is 1. The molecule has 1 aromatic rings. The van der Waals surface area contributed by atoms with Crippen LogP contribution in [0.3, 0.4) is 0 Å². The van der Waals surface area contributed by atoms with Gasteiger partial charge in [0.25, 0.3) is 11.6 Å². The summed E-state index contributed by atoms with van der Waals surface area (Å²) in [7, 11) is 0. The Bertz CT molecular complexity index is 562. The van der Waals surface area contributed by atoms with Gasteiger partial charge in [0.15, 0.2) is 0 Å². The molecule has 9 nitrogen and oxygen atoms in total. The fraction of sp³-hybridized carbons (Fsp3) is 0.500. The molecule has 0 bridgehead atoms. The molecule has 2 heterocycles. The number of nitrogens with one attached hydrogen (secondary N) is 1. The maximum atomic E-state index is 12.2. The molecule has 1 amide bonds. The number of nitro groups is 1. The van der Waals surface area contributed by atoms with Crippen LogP contribution in [0.25, 0.3) is 0 Å². The van der Waals surface area contributed by atoms with Gasteiger partial charge >= 0.3 is 5.97 Å². The van der Waals surface area contributed by atoms with Crippen LogP contribution in [-0.4, -0.2) is 68.9 Å². The van der Waals surface area contributed by atoms with Gasteiger partial charge < -0.3 is 15.0 Å². The van der Waals surface area contributed by atoms with Crippen LogP contribution in [0.15, 0.2) is 12.3 Å². The highest BCUT2D eigenvalue weighted by atomic mass is 16.6. The Kier molecular flexibility index (Phi) is 4.22. The molecule has 114 valence electrons. The van der Waals surface area contributed by atoms with Gasteiger partial charge in [0, 0.05) is 32.2 Å². The number of hydrogen-bond acceptors (Lipinski definition) is 5. The second kappa shape index (κ2) is 5.92. The summed E-state index contributed by atoms with van der Waals surface area (Å²) in [4.78, 5) is 39.1. The molecule has 1 aliphatic rings. The summed E-state index contributed by atoms with van der Waals surface area (Å²) in [5, 5.41) is 19.5. The number of nitrogens with zero attached hydrogens (tertiary/aromatic N) is 3. The maximum Gasteiger partial charge on any atom is 0.320 e. The van der Waals surface area contributed by atoms with Gasteiger partial charge in [0.1, 0.15) is 11.7 Å². The van der Waals surface area contributed by atoms with Crippen LogP contribution in [0, 0.1) is 10.1 Å². The maximum absolute atomic E-state index is 12.2. The molecule has 0 radical (unpaired) electrons. The van der Waals surface area contributed by atoms with Gasteiger partial charge in [-0.05, 0) is 6.92 Å². The quantitative estimate of drug-likeness (QED) is 0.603. The van der Waals surface area contributed by atoms with Crippen molar-refractivity contribution in [3.63, 3.8) is 0 Å². The van der Waals surface area contributed by atoms with Gasteiger partial charge in [-0.2, -0.15) is 0 Å². The van der Waals surface area contributed by atoms with Crippen molar-refractivity contribution in [3.8, 4) is 0 Å². The van der Waals surface area contributed by atoms with E-state index in [2.05, 4.69) is 4.98 Å². The average Bonchev–Trinajstić information content (AvgIpc) is 2.96. The SMILES string of the molecule is CC(C(=O)O)N1CCN(C(=O)c2cc([N+](=O)[O-])c[nH]2)CC1. The molecule has 0 spiro atoms. The summed E-state index contributed by atoms with van der Waals surface area (Å²) in [5.74, 6) is -1.21. The standard InChI is InChI=1S/C12H16N4O5/c1-8(12(18)19)14-2-4-15(5-3-14)11(17)10-6-9(7-13-10)16(20)21/h6-8,13H,2-5H2,1H3,(H,18,19). The molecule has 2 rings (SSSR count). The van der Waals surface area contributed by atoms with E-state index in [0.717, 1.165) is 0 Å². The largest absolute Gasteiger partial charge is 0.480 e. The minimum Gasteiger partial charge on any atom is -0.480 e. The first-order chi connectivity index (χ1) is 9.90. The second-order valence-electron chi connectivity index (χ2n) is 4.87. The van der Waals surface area contributed by atoms with Crippen LogP contribution in [0.5, 0.6) is 0 Å². The number of aromatic nitrogens is 1. The van der Waals surface area contributed by atoms with Crippen LogP contribution in [0.2, 0.25) is 0 Å². The number of amides is 1. The molecule has 1 saturated heterocycles. The highest BCUT2D eigenvalue weighted by Crippen LogP contribution is 2.15. The first-order valence-electron chi connectivity index (χ1n) is 6.49. The minimum absolute atomic E-state index is 0.156. The molecule has 2 N–H and O–H groups in total. The number of aromatic amines is 1. The van der Waals surface area contributed by atoms with Crippen LogP contribution in [-0.2, 0) is 4.79 Å². The Morgan fingerprint density at radius 2 is 2.00 bits per heavy atom. The zero-order valence-corrected chi connectivity index (χ0v) is 11.5. The first-order valence-corrected chi connectivity index (χ1v) is 6.49. The summed E-state index contributed by atoms with van der Waals surface area (Å²) >= 11 is 0. The van der Waals surface area contributed by atoms with Gasteiger partial charge in [0.2, 0.25) is 0 Å². The Morgan fingerprint density at radius 1 is 1.38 bits per heavy atom. The van der Waals surface area contributed by atoms with Gasteiger partial charge in [-0.15, -0.1) is 0 Å². The highest BCUT2D eigenvalue weighted by molar-refractivity contribution is 5.93. The molecular formula is C12H16N4O5. The third-order valence-corrected chi connectivity index (χ3v) is 3.62. The molecule has 1 atom stereocenters. The lowest BCUT2D eigenvalue weighted by Gasteiger charge is -2.36. The van der Waals surface area contributed by atoms with E-state index in [1.165, 1.54) is 12.3 Å². The lowest BCUT2D eigenvalue weighted by molar-refractivity contribution is -0.384. The van der Waals surface area contributed by atoms with Crippen molar-refractivity contribution >= 4 is 17.6 Å². The lowest BCUT2D eigenvalue weighted by atomic mass is 10.2. The summed E-state index contributed by atoms with van der Waals surface area (Å²) in [6, 6.07) is 0.614. The van der Waals surface area contributed by atoms with Gasteiger partial charge in [-0.25, -0.2) is 0 Å². The van der Waals surface area contributed by atoms with Crippen LogP contribution in [0.4, 0.5) is 5.69 Å². The zero-order valence-electron chi connectivity index (χ0n) is 11.5. The average molecular weight is 296 g/mol. The summed E-state index contributed by atoms with van der Waals surface area (Å²) < 4.78 is 0. The van der Waals surface area contributed by atoms with E-state index in [4.69, 9.17) is 5.11 Å². The fourth-order valence-corrected chi connectivity index (χ4v) is 2.25. The number of aliphatic carboxylic acids is 1. The predicted molar refractivity (Wildman–Crippen MR) is 72.0 cm³/mol. The predicted octanol–water partition coefficient (Wildman–Crippen LogP) is 0.154. The zero-order chi connectivity index (χ0) is 15.6. The van der Waals surface area contributed by atoms with E-state index in [1.54, 1.807) is 16.7 Å². The van der Waals surface area contributed by atoms with Crippen molar-refractivity contribution < 1.29 is 19.6 Å². The van der Waals surface area contributed by atoms with Gasteiger partial charge in [-0.1, -0.05) is 0 Å². The molecule has 1 aliphatic heterocycles. The van der Waals surface area contributed by atoms with Crippen LogP contribution >= 0.6 is 0 Å². The molecule has 1 aromatic heterocycles. The first kappa shape index (κ1) is 15.0. The smallest absolute Gasteiger partial charge is 0.320 e. The molecule has 9 heteroatoms. The van der Waals surface area contributed by atoms with Crippen molar-refractivity contribution in [2.75, 3.05) is 26.2 Å². The normalized spacial score (nSPS) is 17.5. The molecule has 21 heavy (non-hydrogen) atoms. The van der Waals surface area contributed by atoms with Crippen molar-refractivity contribution in [1.29, 1.82) is 0 Å². The number of carboxylic acids is 1. The third-order valence-electron chi connectivity index (χ3n) is 3.62. The minimum atomic E-state index is -0.894. The fourth-order valence-electron chi connectivity index (χ4n) is 2.25. The number of hydrogen-bond donors (Lipinski definition) is 2. The van der Waals surface area contributed by atoms with Crippen LogP contribution < -0.4 is 0 Å².